The first kappa shape index (κ1) is 21.5. The van der Waals surface area contributed by atoms with E-state index in [2.05, 4.69) is 5.32 Å². The monoisotopic (exact) mass is 368 g/mol. The number of carbonyl (C=O) groups is 1. The normalized spacial score (nSPS) is 12.3. The van der Waals surface area contributed by atoms with Crippen molar-refractivity contribution in [2.75, 3.05) is 17.1 Å². The first-order chi connectivity index (χ1) is 11.4. The minimum absolute atomic E-state index is 0.00857. The first-order valence-electron chi connectivity index (χ1n) is 8.81. The Labute approximate surface area is 152 Å². The summed E-state index contributed by atoms with van der Waals surface area (Å²) in [7, 11) is -3.57. The van der Waals surface area contributed by atoms with Crippen LogP contribution < -0.4 is 9.62 Å². The fraction of sp³-hybridized carbons (Fsp3) is 0.632. The molecule has 0 bridgehead atoms. The summed E-state index contributed by atoms with van der Waals surface area (Å²) in [6.07, 6.45) is 1.14. The van der Waals surface area contributed by atoms with Crippen molar-refractivity contribution >= 4 is 21.6 Å². The average molecular weight is 369 g/mol. The summed E-state index contributed by atoms with van der Waals surface area (Å²) in [6.45, 7) is 12.0. The third-order valence-corrected chi connectivity index (χ3v) is 5.41. The zero-order valence-corrected chi connectivity index (χ0v) is 17.2. The average Bonchev–Trinajstić information content (AvgIpc) is 2.48. The van der Waals surface area contributed by atoms with Crippen molar-refractivity contribution in [2.24, 2.45) is 11.8 Å². The molecule has 1 amide bonds. The number of rotatable bonds is 8. The smallest absolute Gasteiger partial charge is 0.241 e. The molecule has 0 aliphatic rings. The van der Waals surface area contributed by atoms with E-state index in [-0.39, 0.29) is 36.2 Å². The summed E-state index contributed by atoms with van der Waals surface area (Å²) >= 11 is 0. The van der Waals surface area contributed by atoms with Crippen LogP contribution in [0.4, 0.5) is 5.69 Å². The van der Waals surface area contributed by atoms with Gasteiger partial charge in [0.05, 0.1) is 11.9 Å². The molecule has 25 heavy (non-hydrogen) atoms. The van der Waals surface area contributed by atoms with Crippen molar-refractivity contribution in [3.8, 4) is 0 Å². The van der Waals surface area contributed by atoms with Crippen molar-refractivity contribution < 1.29 is 13.2 Å². The van der Waals surface area contributed by atoms with E-state index in [0.29, 0.717) is 5.69 Å². The second-order valence-corrected chi connectivity index (χ2v) is 9.47. The Kier molecular flexibility index (Phi) is 7.47. The van der Waals surface area contributed by atoms with Crippen LogP contribution in [0.15, 0.2) is 24.3 Å². The topological polar surface area (TPSA) is 66.5 Å². The van der Waals surface area contributed by atoms with E-state index < -0.39 is 10.0 Å². The minimum Gasteiger partial charge on any atom is -0.351 e. The molecule has 5 nitrogen and oxygen atoms in total. The molecule has 1 N–H and O–H groups in total. The van der Waals surface area contributed by atoms with Gasteiger partial charge in [0.25, 0.3) is 0 Å². The van der Waals surface area contributed by atoms with E-state index in [1.165, 1.54) is 4.31 Å². The van der Waals surface area contributed by atoms with Gasteiger partial charge in [0.2, 0.25) is 15.9 Å². The van der Waals surface area contributed by atoms with Crippen molar-refractivity contribution in [3.63, 3.8) is 0 Å². The number of hydrogen-bond donors (Lipinski definition) is 1. The Bertz CT molecular complexity index is 674. The van der Waals surface area contributed by atoms with Crippen LogP contribution in [0.1, 0.15) is 53.0 Å². The van der Waals surface area contributed by atoms with Gasteiger partial charge in [0, 0.05) is 6.04 Å². The second-order valence-electron chi connectivity index (χ2n) is 7.56. The fourth-order valence-corrected chi connectivity index (χ4v) is 3.92. The molecule has 6 heteroatoms. The number of nitrogens with zero attached hydrogens (tertiary/aromatic N) is 1. The lowest BCUT2D eigenvalue weighted by Gasteiger charge is -2.29. The predicted molar refractivity (Wildman–Crippen MR) is 104 cm³/mol. The van der Waals surface area contributed by atoms with Crippen LogP contribution in [0.5, 0.6) is 0 Å². The van der Waals surface area contributed by atoms with E-state index in [0.717, 1.165) is 11.8 Å². The third kappa shape index (κ3) is 6.03. The van der Waals surface area contributed by atoms with Gasteiger partial charge >= 0.3 is 0 Å². The van der Waals surface area contributed by atoms with Gasteiger partial charge in [0.15, 0.2) is 0 Å². The van der Waals surface area contributed by atoms with Gasteiger partial charge in [-0.25, -0.2) is 8.42 Å². The number of hydrogen-bond acceptors (Lipinski definition) is 3. The number of sulfonamides is 1. The highest BCUT2D eigenvalue weighted by molar-refractivity contribution is 7.92. The molecule has 0 aliphatic carbocycles. The van der Waals surface area contributed by atoms with Crippen LogP contribution in [-0.4, -0.2) is 33.2 Å². The number of nitrogens with one attached hydrogen (secondary N) is 1. The van der Waals surface area contributed by atoms with E-state index >= 15 is 0 Å². The number of para-hydroxylation sites is 1. The van der Waals surface area contributed by atoms with Crippen molar-refractivity contribution in [3.05, 3.63) is 29.8 Å². The molecular weight excluding hydrogens is 336 g/mol. The third-order valence-electron chi connectivity index (χ3n) is 4.28. The minimum atomic E-state index is -3.57. The second kappa shape index (κ2) is 8.70. The van der Waals surface area contributed by atoms with Crippen molar-refractivity contribution in [1.82, 2.24) is 5.32 Å². The number of amides is 1. The van der Waals surface area contributed by atoms with Gasteiger partial charge < -0.3 is 5.32 Å². The Morgan fingerprint density at radius 1 is 1.04 bits per heavy atom. The van der Waals surface area contributed by atoms with Gasteiger partial charge in [-0.05, 0) is 29.4 Å². The van der Waals surface area contributed by atoms with E-state index in [4.69, 9.17) is 0 Å². The molecule has 0 radical (unpaired) electrons. The molecule has 1 aromatic rings. The molecule has 0 fully saturated rings. The molecule has 0 unspecified atom stereocenters. The van der Waals surface area contributed by atoms with Gasteiger partial charge in [-0.15, -0.1) is 0 Å². The summed E-state index contributed by atoms with van der Waals surface area (Å²) in [6, 6.07) is 7.34. The quantitative estimate of drug-likeness (QED) is 0.765. The van der Waals surface area contributed by atoms with Crippen molar-refractivity contribution in [1.29, 1.82) is 0 Å². The zero-order valence-electron chi connectivity index (χ0n) is 16.4. The molecule has 0 atom stereocenters. The molecule has 0 spiro atoms. The fourth-order valence-electron chi connectivity index (χ4n) is 3.05. The molecular formula is C19H32N2O3S. The van der Waals surface area contributed by atoms with Crippen LogP contribution in [0.3, 0.4) is 0 Å². The Morgan fingerprint density at radius 2 is 1.56 bits per heavy atom. The lowest BCUT2D eigenvalue weighted by molar-refractivity contribution is -0.121. The Morgan fingerprint density at radius 3 is 2.00 bits per heavy atom. The van der Waals surface area contributed by atoms with Gasteiger partial charge in [0.1, 0.15) is 6.54 Å². The molecule has 0 saturated carbocycles. The van der Waals surface area contributed by atoms with Crippen LogP contribution >= 0.6 is 0 Å². The maximum Gasteiger partial charge on any atom is 0.241 e. The van der Waals surface area contributed by atoms with Crippen molar-refractivity contribution in [2.45, 2.75) is 53.5 Å². The van der Waals surface area contributed by atoms with Gasteiger partial charge in [-0.3, -0.25) is 9.10 Å². The summed E-state index contributed by atoms with van der Waals surface area (Å²) in [5.74, 6) is 0.427. The van der Waals surface area contributed by atoms with Gasteiger partial charge in [-0.1, -0.05) is 59.7 Å². The maximum absolute atomic E-state index is 12.6. The number of anilines is 1. The van der Waals surface area contributed by atoms with Crippen LogP contribution in [0, 0.1) is 11.8 Å². The molecule has 142 valence electrons. The van der Waals surface area contributed by atoms with Gasteiger partial charge in [-0.2, -0.15) is 0 Å². The van der Waals surface area contributed by atoms with Crippen LogP contribution in [0.2, 0.25) is 0 Å². The molecule has 0 aromatic heterocycles. The van der Waals surface area contributed by atoms with E-state index in [9.17, 15) is 13.2 Å². The SMILES string of the molecule is CC(C)c1ccccc1N(CC(=O)NC(C(C)C)C(C)C)S(C)(=O)=O. The summed E-state index contributed by atoms with van der Waals surface area (Å²) in [4.78, 5) is 12.6. The summed E-state index contributed by atoms with van der Waals surface area (Å²) < 4.78 is 25.9. The highest BCUT2D eigenvalue weighted by Crippen LogP contribution is 2.28. The van der Waals surface area contributed by atoms with E-state index in [1.54, 1.807) is 12.1 Å². The predicted octanol–water partition coefficient (Wildman–Crippen LogP) is 3.37. The molecule has 0 saturated heterocycles. The highest BCUT2D eigenvalue weighted by Gasteiger charge is 2.26. The standard InChI is InChI=1S/C19H32N2O3S/c1-13(2)16-10-8-9-11-17(16)21(25(7,23)24)12-18(22)20-19(14(3)4)15(5)6/h8-11,13-15,19H,12H2,1-7H3,(H,20,22). The number of carbonyl (C=O) groups excluding carboxylic acids is 1. The molecule has 0 aliphatic heterocycles. The van der Waals surface area contributed by atoms with E-state index in [1.807, 2.05) is 53.7 Å². The largest absolute Gasteiger partial charge is 0.351 e. The molecule has 0 heterocycles. The molecule has 1 aromatic carbocycles. The lowest BCUT2D eigenvalue weighted by atomic mass is 9.93. The van der Waals surface area contributed by atoms with Crippen LogP contribution in [0.25, 0.3) is 0 Å². The summed E-state index contributed by atoms with van der Waals surface area (Å²) in [5.41, 5.74) is 1.48. The summed E-state index contributed by atoms with van der Waals surface area (Å²) in [5, 5.41) is 2.99. The maximum atomic E-state index is 12.6. The molecule has 1 rings (SSSR count). The Balaban J connectivity index is 3.13. The van der Waals surface area contributed by atoms with Crippen LogP contribution in [-0.2, 0) is 14.8 Å². The Hall–Kier alpha value is -1.56. The lowest BCUT2D eigenvalue weighted by Crippen LogP contribution is -2.47. The first-order valence-corrected chi connectivity index (χ1v) is 10.7. The number of benzene rings is 1. The highest BCUT2D eigenvalue weighted by atomic mass is 32.2. The zero-order chi connectivity index (χ0) is 19.4.